The average molecular weight is 524 g/mol. The topological polar surface area (TPSA) is 103 Å². The molecular formula is C29H33N9O. The lowest BCUT2D eigenvalue weighted by atomic mass is 10.2. The lowest BCUT2D eigenvalue weighted by Gasteiger charge is -2.33. The molecule has 2 aliphatic rings. The number of hydrogen-bond acceptors (Lipinski definition) is 8. The van der Waals surface area contributed by atoms with E-state index < -0.39 is 0 Å². The predicted molar refractivity (Wildman–Crippen MR) is 155 cm³/mol. The first-order valence-corrected chi connectivity index (χ1v) is 13.4. The molecule has 6 rings (SSSR count). The Morgan fingerprint density at radius 1 is 1.08 bits per heavy atom. The van der Waals surface area contributed by atoms with E-state index in [1.807, 2.05) is 36.5 Å². The molecule has 0 radical (unpaired) electrons. The fraction of sp³-hybridized carbons (Fsp3) is 0.310. The van der Waals surface area contributed by atoms with Crippen LogP contribution in [0.15, 0.2) is 67.5 Å². The molecule has 3 N–H and O–H groups in total. The molecule has 0 saturated carbocycles. The van der Waals surface area contributed by atoms with E-state index in [4.69, 9.17) is 4.98 Å². The Balaban J connectivity index is 1.24. The van der Waals surface area contributed by atoms with Crippen LogP contribution in [0.2, 0.25) is 0 Å². The molecule has 5 heterocycles. The van der Waals surface area contributed by atoms with E-state index in [1.165, 1.54) is 18.3 Å². The molecule has 4 aromatic rings. The van der Waals surface area contributed by atoms with E-state index in [0.29, 0.717) is 41.8 Å². The van der Waals surface area contributed by atoms with Gasteiger partial charge in [0.25, 0.3) is 5.91 Å². The van der Waals surface area contributed by atoms with Gasteiger partial charge in [-0.25, -0.2) is 9.97 Å². The van der Waals surface area contributed by atoms with Gasteiger partial charge in [-0.2, -0.15) is 4.98 Å². The second-order valence-corrected chi connectivity index (χ2v) is 10.1. The number of nitrogens with one attached hydrogen (secondary N) is 3. The van der Waals surface area contributed by atoms with Crippen molar-refractivity contribution in [3.05, 3.63) is 73.1 Å². The Morgan fingerprint density at radius 3 is 2.64 bits per heavy atom. The maximum atomic E-state index is 12.9. The fourth-order valence-corrected chi connectivity index (χ4v) is 5.52. The number of carbonyl (C=O) groups excluding carboxylic acids is 1. The highest BCUT2D eigenvalue weighted by molar-refractivity contribution is 5.99. The molecule has 2 aliphatic heterocycles. The highest BCUT2D eigenvalue weighted by atomic mass is 16.1. The third kappa shape index (κ3) is 4.90. The molecule has 2 fully saturated rings. The molecule has 200 valence electrons. The van der Waals surface area contributed by atoms with Crippen LogP contribution in [-0.4, -0.2) is 69.1 Å². The van der Waals surface area contributed by atoms with E-state index in [0.717, 1.165) is 36.4 Å². The van der Waals surface area contributed by atoms with Crippen molar-refractivity contribution >= 4 is 45.9 Å². The summed E-state index contributed by atoms with van der Waals surface area (Å²) >= 11 is 0. The number of carbonyl (C=O) groups is 1. The number of pyridine rings is 1. The quantitative estimate of drug-likeness (QED) is 0.281. The summed E-state index contributed by atoms with van der Waals surface area (Å²) in [5.41, 5.74) is 3.29. The highest BCUT2D eigenvalue weighted by Gasteiger charge is 2.41. The van der Waals surface area contributed by atoms with Gasteiger partial charge in [-0.15, -0.1) is 6.58 Å². The fourth-order valence-electron chi connectivity index (χ4n) is 5.52. The maximum Gasteiger partial charge on any atom is 0.256 e. The Labute approximate surface area is 227 Å². The first kappa shape index (κ1) is 24.9. The number of likely N-dealkylation sites (N-methyl/N-ethyl adjacent to an activating group) is 1. The number of hydrogen-bond donors (Lipinski definition) is 3. The Bertz CT molecular complexity index is 1510. The van der Waals surface area contributed by atoms with Crippen molar-refractivity contribution in [3.8, 4) is 0 Å². The summed E-state index contributed by atoms with van der Waals surface area (Å²) in [6.45, 7) is 9.09. The third-order valence-corrected chi connectivity index (χ3v) is 7.61. The number of amides is 1. The number of anilines is 5. The van der Waals surface area contributed by atoms with Crippen molar-refractivity contribution in [2.24, 2.45) is 0 Å². The van der Waals surface area contributed by atoms with Crippen molar-refractivity contribution in [1.82, 2.24) is 29.7 Å². The largest absolute Gasteiger partial charge is 0.366 e. The van der Waals surface area contributed by atoms with Crippen molar-refractivity contribution in [2.45, 2.75) is 32.0 Å². The minimum atomic E-state index is -0.295. The highest BCUT2D eigenvalue weighted by Crippen LogP contribution is 2.34. The molecule has 2 atom stereocenters. The van der Waals surface area contributed by atoms with Gasteiger partial charge in [0.2, 0.25) is 5.95 Å². The number of piperazine rings is 1. The molecule has 39 heavy (non-hydrogen) atoms. The molecule has 0 aliphatic carbocycles. The van der Waals surface area contributed by atoms with Crippen molar-refractivity contribution < 1.29 is 4.79 Å². The Kier molecular flexibility index (Phi) is 6.62. The summed E-state index contributed by atoms with van der Waals surface area (Å²) in [4.78, 5) is 31.7. The number of fused-ring (bicyclic) bond motifs is 3. The normalized spacial score (nSPS) is 18.5. The third-order valence-electron chi connectivity index (χ3n) is 7.61. The van der Waals surface area contributed by atoms with Crippen LogP contribution in [0.3, 0.4) is 0 Å². The maximum absolute atomic E-state index is 12.9. The van der Waals surface area contributed by atoms with Crippen LogP contribution in [0.5, 0.6) is 0 Å². The number of likely N-dealkylation sites (tertiary alicyclic amines) is 1. The first-order chi connectivity index (χ1) is 19.0. The summed E-state index contributed by atoms with van der Waals surface area (Å²) < 4.78 is 2.07. The van der Waals surface area contributed by atoms with Crippen LogP contribution in [0.25, 0.3) is 11.0 Å². The molecule has 2 unspecified atom stereocenters. The van der Waals surface area contributed by atoms with E-state index >= 15 is 0 Å². The molecule has 0 spiro atoms. The lowest BCUT2D eigenvalue weighted by molar-refractivity contribution is 0.0958. The molecule has 3 aromatic heterocycles. The van der Waals surface area contributed by atoms with E-state index in [2.05, 4.69) is 73.0 Å². The summed E-state index contributed by atoms with van der Waals surface area (Å²) in [6, 6.07) is 15.5. The van der Waals surface area contributed by atoms with Gasteiger partial charge in [0.05, 0.1) is 0 Å². The SMILES string of the molecule is C=CCNC(=O)c1cnc(Nc2ccc(N3CC4CC3CN4C)cc2)nc1Nc1ccc2ccn(CC)c2n1. The summed E-state index contributed by atoms with van der Waals surface area (Å²) in [7, 11) is 2.21. The molecule has 10 heteroatoms. The average Bonchev–Trinajstić information content (AvgIpc) is 3.66. The Morgan fingerprint density at radius 2 is 1.92 bits per heavy atom. The zero-order chi connectivity index (χ0) is 26.9. The van der Waals surface area contributed by atoms with Crippen molar-refractivity contribution in [3.63, 3.8) is 0 Å². The summed E-state index contributed by atoms with van der Waals surface area (Å²) in [5.74, 6) is 1.04. The molecule has 2 bridgehead atoms. The number of nitrogens with zero attached hydrogens (tertiary/aromatic N) is 6. The van der Waals surface area contributed by atoms with Crippen LogP contribution in [0, 0.1) is 0 Å². The molecular weight excluding hydrogens is 490 g/mol. The standard InChI is InChI=1S/C29H33N9O/c1-4-13-30-28(39)24-16-31-29(35-26(24)33-25-11-6-19-12-14-37(5-2)27(19)34-25)32-20-7-9-21(10-8-20)38-18-22-15-23(38)17-36(22)3/h4,6-12,14,16,22-23H,1,5,13,15,17-18H2,2-3H3,(H,30,39)(H2,31,32,33,34,35). The number of rotatable bonds is 9. The molecule has 1 amide bonds. The van der Waals surface area contributed by atoms with Crippen molar-refractivity contribution in [2.75, 3.05) is 42.2 Å². The van der Waals surface area contributed by atoms with E-state index in [1.54, 1.807) is 6.08 Å². The molecule has 2 saturated heterocycles. The van der Waals surface area contributed by atoms with Crippen molar-refractivity contribution in [1.29, 1.82) is 0 Å². The van der Waals surface area contributed by atoms with Gasteiger partial charge in [0.1, 0.15) is 22.8 Å². The zero-order valence-corrected chi connectivity index (χ0v) is 22.3. The lowest BCUT2D eigenvalue weighted by Crippen LogP contribution is -2.44. The second kappa shape index (κ2) is 10.4. The van der Waals surface area contributed by atoms with Gasteiger partial charge >= 0.3 is 0 Å². The van der Waals surface area contributed by atoms with Crippen LogP contribution < -0.4 is 20.9 Å². The summed E-state index contributed by atoms with van der Waals surface area (Å²) in [5, 5.41) is 10.4. The smallest absolute Gasteiger partial charge is 0.256 e. The number of benzene rings is 1. The van der Waals surface area contributed by atoms with Gasteiger partial charge in [-0.3, -0.25) is 9.69 Å². The van der Waals surface area contributed by atoms with Gasteiger partial charge in [0, 0.05) is 67.4 Å². The van der Waals surface area contributed by atoms with Crippen LogP contribution in [0.1, 0.15) is 23.7 Å². The number of aryl methyl sites for hydroxylation is 1. The van der Waals surface area contributed by atoms with E-state index in [-0.39, 0.29) is 5.91 Å². The minimum Gasteiger partial charge on any atom is -0.366 e. The Hall–Kier alpha value is -4.44. The van der Waals surface area contributed by atoms with Gasteiger partial charge in [-0.1, -0.05) is 6.08 Å². The first-order valence-electron chi connectivity index (χ1n) is 13.4. The number of aromatic nitrogens is 4. The molecule has 1 aromatic carbocycles. The van der Waals surface area contributed by atoms with Crippen LogP contribution in [-0.2, 0) is 6.54 Å². The minimum absolute atomic E-state index is 0.295. The predicted octanol–water partition coefficient (Wildman–Crippen LogP) is 4.14. The van der Waals surface area contributed by atoms with Crippen LogP contribution >= 0.6 is 0 Å². The molecule has 10 nitrogen and oxygen atoms in total. The van der Waals surface area contributed by atoms with Gasteiger partial charge in [0.15, 0.2) is 0 Å². The second-order valence-electron chi connectivity index (χ2n) is 10.1. The zero-order valence-electron chi connectivity index (χ0n) is 22.3. The van der Waals surface area contributed by atoms with E-state index in [9.17, 15) is 4.79 Å². The van der Waals surface area contributed by atoms with Crippen LogP contribution in [0.4, 0.5) is 29.0 Å². The monoisotopic (exact) mass is 523 g/mol. The van der Waals surface area contributed by atoms with Gasteiger partial charge in [-0.05, 0) is 62.9 Å². The van der Waals surface area contributed by atoms with Gasteiger partial charge < -0.3 is 25.4 Å². The summed E-state index contributed by atoms with van der Waals surface area (Å²) in [6.07, 6.45) is 6.40.